The van der Waals surface area contributed by atoms with Crippen LogP contribution < -0.4 is 0 Å². The second-order valence-electron chi connectivity index (χ2n) is 6.19. The summed E-state index contributed by atoms with van der Waals surface area (Å²) in [6, 6.07) is 3.85. The highest BCUT2D eigenvalue weighted by atomic mass is 16.4. The van der Waals surface area contributed by atoms with Gasteiger partial charge in [-0.1, -0.05) is 0 Å². The summed E-state index contributed by atoms with van der Waals surface area (Å²) >= 11 is 0. The maximum atomic E-state index is 12.6. The van der Waals surface area contributed by atoms with E-state index in [1.54, 1.807) is 24.5 Å². The van der Waals surface area contributed by atoms with Crippen LogP contribution in [0.15, 0.2) is 24.5 Å². The van der Waals surface area contributed by atoms with Gasteiger partial charge in [-0.25, -0.2) is 0 Å². The molecular weight excluding hydrogens is 282 g/mol. The Hall–Kier alpha value is -1.95. The molecule has 0 aliphatic carbocycles. The van der Waals surface area contributed by atoms with Gasteiger partial charge in [-0.05, 0) is 30.9 Å². The number of carbonyl (C=O) groups excluding carboxylic acids is 1. The summed E-state index contributed by atoms with van der Waals surface area (Å²) < 4.78 is 0. The summed E-state index contributed by atoms with van der Waals surface area (Å²) in [5.74, 6) is -0.290. The number of aliphatic carboxylic acids is 1. The van der Waals surface area contributed by atoms with Crippen LogP contribution in [0.1, 0.15) is 29.6 Å². The van der Waals surface area contributed by atoms with Gasteiger partial charge in [0, 0.05) is 44.6 Å². The number of rotatable bonds is 4. The van der Waals surface area contributed by atoms with E-state index in [0.717, 1.165) is 25.9 Å². The molecule has 4 rings (SSSR count). The van der Waals surface area contributed by atoms with Crippen molar-refractivity contribution in [2.75, 3.05) is 26.2 Å². The van der Waals surface area contributed by atoms with E-state index in [1.165, 1.54) is 0 Å². The number of hydrogen-bond acceptors (Lipinski definition) is 4. The zero-order valence-electron chi connectivity index (χ0n) is 12.5. The fraction of sp³-hybridized carbons (Fsp3) is 0.562. The summed E-state index contributed by atoms with van der Waals surface area (Å²) in [6.07, 6.45) is 5.60. The number of pyridine rings is 1. The highest BCUT2D eigenvalue weighted by molar-refractivity contribution is 5.94. The predicted octanol–water partition coefficient (Wildman–Crippen LogP) is 1.09. The molecule has 6 nitrogen and oxygen atoms in total. The Morgan fingerprint density at radius 1 is 1.27 bits per heavy atom. The molecule has 0 radical (unpaired) electrons. The quantitative estimate of drug-likeness (QED) is 0.901. The molecule has 3 saturated heterocycles. The van der Waals surface area contributed by atoms with Gasteiger partial charge < -0.3 is 10.0 Å². The maximum absolute atomic E-state index is 12.6. The van der Waals surface area contributed by atoms with E-state index >= 15 is 0 Å². The summed E-state index contributed by atoms with van der Waals surface area (Å²) in [5.41, 5.74) is 0.626. The van der Waals surface area contributed by atoms with E-state index in [4.69, 9.17) is 5.11 Å². The summed E-state index contributed by atoms with van der Waals surface area (Å²) in [6.45, 7) is 2.91. The first-order valence-electron chi connectivity index (χ1n) is 7.78. The van der Waals surface area contributed by atoms with Crippen LogP contribution in [0.25, 0.3) is 0 Å². The average molecular weight is 303 g/mol. The normalized spacial score (nSPS) is 25.0. The van der Waals surface area contributed by atoms with Crippen LogP contribution in [0.2, 0.25) is 0 Å². The largest absolute Gasteiger partial charge is 0.481 e. The number of aromatic nitrogens is 1. The van der Waals surface area contributed by atoms with Crippen molar-refractivity contribution in [2.45, 2.75) is 25.3 Å². The molecule has 22 heavy (non-hydrogen) atoms. The van der Waals surface area contributed by atoms with E-state index in [1.807, 2.05) is 4.90 Å². The van der Waals surface area contributed by atoms with Gasteiger partial charge in [0.2, 0.25) is 0 Å². The Morgan fingerprint density at radius 2 is 2.14 bits per heavy atom. The number of nitrogens with zero attached hydrogens (tertiary/aromatic N) is 3. The minimum atomic E-state index is -0.761. The van der Waals surface area contributed by atoms with Crippen molar-refractivity contribution in [3.8, 4) is 0 Å². The molecule has 118 valence electrons. The van der Waals surface area contributed by atoms with E-state index < -0.39 is 5.97 Å². The Balaban J connectivity index is 1.69. The van der Waals surface area contributed by atoms with Crippen LogP contribution in [0.4, 0.5) is 0 Å². The van der Waals surface area contributed by atoms with Crippen molar-refractivity contribution >= 4 is 11.9 Å². The van der Waals surface area contributed by atoms with Crippen LogP contribution in [0.5, 0.6) is 0 Å². The SMILES string of the molecule is O=C(O)CCN1C[C@@H]2CC[C@H]1CN(C(=O)c1cccnc1)C2. The van der Waals surface area contributed by atoms with E-state index in [-0.39, 0.29) is 18.4 Å². The van der Waals surface area contributed by atoms with Gasteiger partial charge in [-0.2, -0.15) is 0 Å². The van der Waals surface area contributed by atoms with Gasteiger partial charge in [0.05, 0.1) is 12.0 Å². The second kappa shape index (κ2) is 6.44. The molecule has 3 aliphatic rings. The zero-order valence-corrected chi connectivity index (χ0v) is 12.5. The third-order valence-corrected chi connectivity index (χ3v) is 4.64. The fourth-order valence-electron chi connectivity index (χ4n) is 3.53. The minimum Gasteiger partial charge on any atom is -0.481 e. The molecule has 3 aliphatic heterocycles. The van der Waals surface area contributed by atoms with Gasteiger partial charge in [0.25, 0.3) is 5.91 Å². The molecular formula is C16H21N3O3. The van der Waals surface area contributed by atoms with Crippen LogP contribution in [0.3, 0.4) is 0 Å². The number of amides is 1. The number of fused-ring (bicyclic) bond motifs is 4. The number of carbonyl (C=O) groups is 2. The lowest BCUT2D eigenvalue weighted by atomic mass is 9.95. The topological polar surface area (TPSA) is 73.7 Å². The Labute approximate surface area is 129 Å². The maximum Gasteiger partial charge on any atom is 0.304 e. The van der Waals surface area contributed by atoms with Crippen molar-refractivity contribution in [2.24, 2.45) is 5.92 Å². The highest BCUT2D eigenvalue weighted by Gasteiger charge is 2.36. The number of piperidine rings is 1. The number of carboxylic acids is 1. The molecule has 1 N–H and O–H groups in total. The molecule has 3 fully saturated rings. The first kappa shape index (κ1) is 15.0. The van der Waals surface area contributed by atoms with Gasteiger partial charge in [0.15, 0.2) is 0 Å². The Kier molecular flexibility index (Phi) is 4.38. The molecule has 1 amide bonds. The standard InChI is InChI=1S/C16H21N3O3/c20-15(21)5-7-18-9-12-3-4-14(18)11-19(10-12)16(22)13-2-1-6-17-8-13/h1-2,6,8,12,14H,3-5,7,9-11H2,(H,20,21)/t12-,14-/m0/s1. The lowest BCUT2D eigenvalue weighted by molar-refractivity contribution is -0.137. The van der Waals surface area contributed by atoms with E-state index in [2.05, 4.69) is 9.88 Å². The van der Waals surface area contributed by atoms with Crippen LogP contribution >= 0.6 is 0 Å². The van der Waals surface area contributed by atoms with Crippen molar-refractivity contribution in [1.82, 2.24) is 14.8 Å². The summed E-state index contributed by atoms with van der Waals surface area (Å²) in [7, 11) is 0. The highest BCUT2D eigenvalue weighted by Crippen LogP contribution is 2.28. The Bertz CT molecular complexity index is 549. The van der Waals surface area contributed by atoms with Crippen molar-refractivity contribution < 1.29 is 14.7 Å². The van der Waals surface area contributed by atoms with Gasteiger partial charge in [-0.15, -0.1) is 0 Å². The van der Waals surface area contributed by atoms with Crippen molar-refractivity contribution in [1.29, 1.82) is 0 Å². The zero-order chi connectivity index (χ0) is 15.5. The molecule has 2 bridgehead atoms. The molecule has 2 atom stereocenters. The van der Waals surface area contributed by atoms with E-state index in [9.17, 15) is 9.59 Å². The minimum absolute atomic E-state index is 0.0325. The first-order valence-corrected chi connectivity index (χ1v) is 7.78. The third kappa shape index (κ3) is 3.27. The predicted molar refractivity (Wildman–Crippen MR) is 80.5 cm³/mol. The lowest BCUT2D eigenvalue weighted by Gasteiger charge is -2.35. The van der Waals surface area contributed by atoms with Crippen LogP contribution in [-0.4, -0.2) is 64.0 Å². The number of hydrogen-bond donors (Lipinski definition) is 1. The second-order valence-corrected chi connectivity index (χ2v) is 6.19. The van der Waals surface area contributed by atoms with Gasteiger partial charge >= 0.3 is 5.97 Å². The lowest BCUT2D eigenvalue weighted by Crippen LogP contribution is -2.45. The Morgan fingerprint density at radius 3 is 2.86 bits per heavy atom. The van der Waals surface area contributed by atoms with Crippen LogP contribution in [0, 0.1) is 5.92 Å². The molecule has 6 heteroatoms. The van der Waals surface area contributed by atoms with Crippen molar-refractivity contribution in [3.63, 3.8) is 0 Å². The number of carboxylic acid groups (broad SMARTS) is 1. The molecule has 0 aromatic carbocycles. The molecule has 0 spiro atoms. The van der Waals surface area contributed by atoms with Crippen LogP contribution in [-0.2, 0) is 4.79 Å². The summed E-state index contributed by atoms with van der Waals surface area (Å²) in [4.78, 5) is 31.6. The first-order chi connectivity index (χ1) is 10.6. The molecule has 4 heterocycles. The molecule has 0 unspecified atom stereocenters. The molecule has 1 aromatic heterocycles. The van der Waals surface area contributed by atoms with E-state index in [0.29, 0.717) is 24.6 Å². The van der Waals surface area contributed by atoms with Gasteiger partial charge in [0.1, 0.15) is 0 Å². The fourth-order valence-corrected chi connectivity index (χ4v) is 3.53. The third-order valence-electron chi connectivity index (χ3n) is 4.64. The van der Waals surface area contributed by atoms with Crippen molar-refractivity contribution in [3.05, 3.63) is 30.1 Å². The summed E-state index contributed by atoms with van der Waals surface area (Å²) in [5, 5.41) is 8.88. The molecule has 0 saturated carbocycles. The molecule has 1 aromatic rings. The smallest absolute Gasteiger partial charge is 0.304 e. The average Bonchev–Trinajstić information content (AvgIpc) is 2.84. The monoisotopic (exact) mass is 303 g/mol. The van der Waals surface area contributed by atoms with Gasteiger partial charge in [-0.3, -0.25) is 19.5 Å².